The first-order valence-electron chi connectivity index (χ1n) is 9.68. The summed E-state index contributed by atoms with van der Waals surface area (Å²) in [5.74, 6) is 0.254. The number of anilines is 1. The van der Waals surface area contributed by atoms with Crippen LogP contribution in [-0.2, 0) is 46.5 Å². The fraction of sp³-hybridized carbons (Fsp3) is 0.600. The lowest BCUT2D eigenvalue weighted by Crippen LogP contribution is -2.37. The van der Waals surface area contributed by atoms with Gasteiger partial charge < -0.3 is 45.7 Å². The van der Waals surface area contributed by atoms with Crippen molar-refractivity contribution in [2.45, 2.75) is 37.0 Å². The van der Waals surface area contributed by atoms with E-state index in [1.54, 1.807) is 0 Å². The molecule has 1 saturated heterocycles. The third kappa shape index (κ3) is 11.0. The summed E-state index contributed by atoms with van der Waals surface area (Å²) in [6, 6.07) is -0.907. The summed E-state index contributed by atoms with van der Waals surface area (Å²) in [6.07, 6.45) is 1.31. The van der Waals surface area contributed by atoms with Crippen molar-refractivity contribution in [2.24, 2.45) is 5.73 Å². The first kappa shape index (κ1) is 32.9. The SMILES string of the molecule is C[S+](CC[C@H](N)C(=O)O)C[C@H]1O[C@@H](n2cnc3c(N)ncnc32)C(O)C1O.O=S(=O)(O)O.O=S([O-])O[O-]. The molecule has 0 amide bonds. The number of aliphatic hydroxyl groups excluding tert-OH is 2. The van der Waals surface area contributed by atoms with E-state index in [4.69, 9.17) is 52.9 Å². The summed E-state index contributed by atoms with van der Waals surface area (Å²) in [6.45, 7) is 0. The standard InChI is InChI=1S/C15H22N6O5S.2H2O4S/c1-27(3-2-7(16)15(24)25)4-8-10(22)11(23)14(26-8)21-6-20-9-12(17)18-5-19-13(9)21;1-5(2,3)4;1-4-5(2)3/h5-8,10-11,14,22-23H,2-4,16H2,1H3,(H2-,17,18,19,24,25);(H2,1,2,3,4);1H,(H,2,3)/p-1/t7-,8+,10?,11?,14+,27?;;/m0../s1. The van der Waals surface area contributed by atoms with Crippen LogP contribution in [0.3, 0.4) is 0 Å². The van der Waals surface area contributed by atoms with Crippen LogP contribution in [0, 0.1) is 0 Å². The van der Waals surface area contributed by atoms with Gasteiger partial charge in [-0.3, -0.25) is 18.5 Å². The van der Waals surface area contributed by atoms with Crippen LogP contribution < -0.4 is 16.7 Å². The van der Waals surface area contributed by atoms with E-state index in [1.165, 1.54) is 17.2 Å². The molecule has 7 atom stereocenters. The molecular weight excluding hydrogens is 568 g/mol. The van der Waals surface area contributed by atoms with Crippen molar-refractivity contribution in [3.63, 3.8) is 0 Å². The van der Waals surface area contributed by atoms with Crippen LogP contribution in [-0.4, -0.2) is 109 Å². The molecule has 3 rings (SSSR count). The van der Waals surface area contributed by atoms with Crippen LogP contribution >= 0.6 is 0 Å². The highest BCUT2D eigenvalue weighted by molar-refractivity contribution is 7.96. The number of ether oxygens (including phenoxy) is 1. The normalized spacial score (nSPS) is 23.8. The monoisotopic (exact) mass is 593 g/mol. The average molecular weight is 594 g/mol. The van der Waals surface area contributed by atoms with E-state index < -0.39 is 58.3 Å². The van der Waals surface area contributed by atoms with Gasteiger partial charge in [0, 0.05) is 6.42 Å². The molecule has 0 saturated carbocycles. The minimum atomic E-state index is -4.67. The van der Waals surface area contributed by atoms with Gasteiger partial charge in [-0.25, -0.2) is 19.2 Å². The minimum Gasteiger partial charge on any atom is -0.750 e. The number of aromatic nitrogens is 4. The Balaban J connectivity index is 0.000000583. The zero-order valence-corrected chi connectivity index (χ0v) is 21.3. The molecule has 22 heteroatoms. The van der Waals surface area contributed by atoms with Crippen LogP contribution in [0.4, 0.5) is 5.82 Å². The van der Waals surface area contributed by atoms with Gasteiger partial charge in [0.05, 0.1) is 23.9 Å². The number of imidazole rings is 1. The van der Waals surface area contributed by atoms with Gasteiger partial charge in [0.25, 0.3) is 0 Å². The molecule has 2 aromatic heterocycles. The van der Waals surface area contributed by atoms with E-state index >= 15 is 0 Å². The lowest BCUT2D eigenvalue weighted by atomic mass is 10.1. The van der Waals surface area contributed by atoms with Crippen molar-refractivity contribution in [2.75, 3.05) is 23.5 Å². The Kier molecular flexibility index (Phi) is 13.1. The molecule has 37 heavy (non-hydrogen) atoms. The van der Waals surface area contributed by atoms with Gasteiger partial charge in [0.15, 0.2) is 17.7 Å². The van der Waals surface area contributed by atoms with Crippen LogP contribution in [0.5, 0.6) is 0 Å². The zero-order chi connectivity index (χ0) is 28.5. The molecule has 9 N–H and O–H groups in total. The Hall–Kier alpha value is -2.09. The maximum Gasteiger partial charge on any atom is 0.394 e. The highest BCUT2D eigenvalue weighted by atomic mass is 32.3. The van der Waals surface area contributed by atoms with Crippen LogP contribution in [0.15, 0.2) is 12.7 Å². The fourth-order valence-corrected chi connectivity index (χ4v) is 4.63. The second kappa shape index (κ2) is 14.7. The number of aliphatic carboxylic acids is 1. The smallest absolute Gasteiger partial charge is 0.394 e. The number of carbonyl (C=O) groups is 1. The summed E-state index contributed by atoms with van der Waals surface area (Å²) in [5, 5.41) is 38.2. The number of nitrogen functional groups attached to an aromatic ring is 1. The van der Waals surface area contributed by atoms with Crippen molar-refractivity contribution >= 4 is 55.6 Å². The van der Waals surface area contributed by atoms with Gasteiger partial charge in [-0.05, 0) is 10.9 Å². The Labute approximate surface area is 214 Å². The predicted molar refractivity (Wildman–Crippen MR) is 123 cm³/mol. The average Bonchev–Trinajstić information content (AvgIpc) is 3.34. The number of aliphatic hydroxyl groups is 2. The maximum absolute atomic E-state index is 10.8. The van der Waals surface area contributed by atoms with Crippen molar-refractivity contribution in [3.8, 4) is 0 Å². The molecule has 3 heterocycles. The van der Waals surface area contributed by atoms with Gasteiger partial charge >= 0.3 is 16.4 Å². The molecule has 19 nitrogen and oxygen atoms in total. The Bertz CT molecular complexity index is 1140. The zero-order valence-electron chi connectivity index (χ0n) is 18.8. The lowest BCUT2D eigenvalue weighted by molar-refractivity contribution is -0.635. The van der Waals surface area contributed by atoms with Crippen LogP contribution in [0.25, 0.3) is 11.2 Å². The fourth-order valence-electron chi connectivity index (χ4n) is 2.97. The molecule has 212 valence electrons. The molecule has 0 radical (unpaired) electrons. The molecular formula is C15H25N6O13S3-. The van der Waals surface area contributed by atoms with E-state index in [0.717, 1.165) is 0 Å². The van der Waals surface area contributed by atoms with Crippen LogP contribution in [0.2, 0.25) is 0 Å². The Morgan fingerprint density at radius 2 is 1.89 bits per heavy atom. The van der Waals surface area contributed by atoms with Gasteiger partial charge in [-0.2, -0.15) is 8.42 Å². The Morgan fingerprint density at radius 1 is 1.32 bits per heavy atom. The van der Waals surface area contributed by atoms with Crippen molar-refractivity contribution in [3.05, 3.63) is 12.7 Å². The topological polar surface area (TPSA) is 330 Å². The van der Waals surface area contributed by atoms with Gasteiger partial charge in [-0.1, -0.05) is 0 Å². The third-order valence-electron chi connectivity index (χ3n) is 4.60. The Morgan fingerprint density at radius 3 is 2.41 bits per heavy atom. The van der Waals surface area contributed by atoms with Gasteiger partial charge in [0.1, 0.15) is 47.7 Å². The molecule has 2 aromatic rings. The number of hydrogen-bond donors (Lipinski definition) is 7. The molecule has 0 spiro atoms. The number of carboxylic acid groups (broad SMARTS) is 1. The summed E-state index contributed by atoms with van der Waals surface area (Å²) in [7, 11) is -4.90. The van der Waals surface area contributed by atoms with E-state index in [0.29, 0.717) is 29.1 Å². The number of rotatable bonds is 8. The lowest BCUT2D eigenvalue weighted by Gasteiger charge is -2.16. The molecule has 1 fully saturated rings. The molecule has 1 aliphatic rings. The second-order valence-corrected chi connectivity index (χ2v) is 11.0. The highest BCUT2D eigenvalue weighted by Crippen LogP contribution is 2.32. The molecule has 4 unspecified atom stereocenters. The van der Waals surface area contributed by atoms with Crippen molar-refractivity contribution < 1.29 is 60.7 Å². The molecule has 1 aliphatic heterocycles. The molecule has 0 bridgehead atoms. The quantitative estimate of drug-likeness (QED) is 0.0498. The number of nitrogens with two attached hydrogens (primary N) is 2. The first-order chi connectivity index (χ1) is 17.1. The number of nitrogens with zero attached hydrogens (tertiary/aromatic N) is 4. The number of carboxylic acids is 1. The predicted octanol–water partition coefficient (Wildman–Crippen LogP) is -4.50. The second-order valence-electron chi connectivity index (χ2n) is 7.23. The first-order valence-corrected chi connectivity index (χ1v) is 14.0. The largest absolute Gasteiger partial charge is 0.750 e. The number of hydrogen-bond acceptors (Lipinski definition) is 15. The van der Waals surface area contributed by atoms with Crippen LogP contribution in [0.1, 0.15) is 12.6 Å². The van der Waals surface area contributed by atoms with E-state index in [2.05, 4.69) is 19.3 Å². The maximum atomic E-state index is 10.8. The van der Waals surface area contributed by atoms with Crippen molar-refractivity contribution in [1.29, 1.82) is 0 Å². The minimum absolute atomic E-state index is 0.216. The van der Waals surface area contributed by atoms with Gasteiger partial charge in [-0.15, -0.1) is 0 Å². The summed E-state index contributed by atoms with van der Waals surface area (Å²) < 4.78 is 59.1. The molecule has 0 aliphatic carbocycles. The summed E-state index contributed by atoms with van der Waals surface area (Å²) >= 11 is -2.88. The van der Waals surface area contributed by atoms with E-state index in [-0.39, 0.29) is 16.7 Å². The van der Waals surface area contributed by atoms with E-state index in [9.17, 15) is 15.0 Å². The van der Waals surface area contributed by atoms with Gasteiger partial charge in [0.2, 0.25) is 0 Å². The number of fused-ring (bicyclic) bond motifs is 1. The summed E-state index contributed by atoms with van der Waals surface area (Å²) in [4.78, 5) is 23.0. The van der Waals surface area contributed by atoms with Crippen molar-refractivity contribution in [1.82, 2.24) is 19.5 Å². The highest BCUT2D eigenvalue weighted by Gasteiger charge is 2.46. The third-order valence-corrected chi connectivity index (χ3v) is 6.54. The summed E-state index contributed by atoms with van der Waals surface area (Å²) in [5.41, 5.74) is 12.1. The molecule has 0 aromatic carbocycles. The van der Waals surface area contributed by atoms with E-state index in [1.807, 2.05) is 6.26 Å².